The first-order chi connectivity index (χ1) is 8.14. The third-order valence-electron chi connectivity index (χ3n) is 4.95. The molecule has 2 saturated heterocycles. The molecule has 2 nitrogen and oxygen atoms in total. The zero-order valence-electron chi connectivity index (χ0n) is 11.6. The van der Waals surface area contributed by atoms with E-state index in [1.807, 2.05) is 0 Å². The second-order valence-corrected chi connectivity index (χ2v) is 6.35. The van der Waals surface area contributed by atoms with Crippen LogP contribution in [0.1, 0.15) is 71.1 Å². The minimum Gasteiger partial charge on any atom is -0.390 e. The molecule has 2 heterocycles. The summed E-state index contributed by atoms with van der Waals surface area (Å²) in [5.41, 5.74) is -0.337. The summed E-state index contributed by atoms with van der Waals surface area (Å²) >= 11 is 0. The van der Waals surface area contributed by atoms with E-state index >= 15 is 0 Å². The van der Waals surface area contributed by atoms with Crippen molar-refractivity contribution in [2.45, 2.75) is 88.8 Å². The normalized spacial score (nSPS) is 38.3. The molecule has 2 aliphatic rings. The summed E-state index contributed by atoms with van der Waals surface area (Å²) in [5.74, 6) is 0. The lowest BCUT2D eigenvalue weighted by Crippen LogP contribution is -2.56. The van der Waals surface area contributed by atoms with Crippen LogP contribution in [0, 0.1) is 0 Å². The van der Waals surface area contributed by atoms with Crippen LogP contribution in [0.15, 0.2) is 0 Å². The Labute approximate surface area is 106 Å². The van der Waals surface area contributed by atoms with Gasteiger partial charge in [0.25, 0.3) is 0 Å². The summed E-state index contributed by atoms with van der Waals surface area (Å²) in [5, 5.41) is 10.8. The summed E-state index contributed by atoms with van der Waals surface area (Å²) < 4.78 is 0. The smallest absolute Gasteiger partial charge is 0.0677 e. The first-order valence-corrected chi connectivity index (χ1v) is 7.59. The van der Waals surface area contributed by atoms with E-state index in [1.165, 1.54) is 44.9 Å². The number of aliphatic hydroxyl groups is 1. The van der Waals surface area contributed by atoms with Gasteiger partial charge in [-0.2, -0.15) is 0 Å². The summed E-state index contributed by atoms with van der Waals surface area (Å²) in [6.45, 7) is 2.24. The fraction of sp³-hybridized carbons (Fsp3) is 1.00. The molecule has 1 N–H and O–H groups in total. The maximum atomic E-state index is 10.8. The average molecular weight is 239 g/mol. The predicted octanol–water partition coefficient (Wildman–Crippen LogP) is 3.33. The van der Waals surface area contributed by atoms with Gasteiger partial charge in [0.2, 0.25) is 0 Å². The standard InChI is InChI=1S/C15H29NO/c1-3-4-5-6-10-15(17)11-13-8-7-9-14(12-15)16(13)2/h13-14,17H,3-12H2,1-2H3. The molecule has 2 heteroatoms. The molecule has 0 aromatic heterocycles. The average Bonchev–Trinajstić information content (AvgIpc) is 2.27. The second kappa shape index (κ2) is 5.71. The number of fused-ring (bicyclic) bond motifs is 2. The van der Waals surface area contributed by atoms with E-state index < -0.39 is 0 Å². The lowest BCUT2D eigenvalue weighted by molar-refractivity contribution is -0.0878. The summed E-state index contributed by atoms with van der Waals surface area (Å²) in [6.07, 6.45) is 12.2. The third kappa shape index (κ3) is 3.23. The van der Waals surface area contributed by atoms with Crippen LogP contribution in [0.25, 0.3) is 0 Å². The Morgan fingerprint density at radius 1 is 1.12 bits per heavy atom. The van der Waals surface area contributed by atoms with E-state index in [9.17, 15) is 5.11 Å². The highest BCUT2D eigenvalue weighted by atomic mass is 16.3. The van der Waals surface area contributed by atoms with Gasteiger partial charge in [-0.3, -0.25) is 0 Å². The largest absolute Gasteiger partial charge is 0.390 e. The highest BCUT2D eigenvalue weighted by Gasteiger charge is 2.43. The van der Waals surface area contributed by atoms with Crippen LogP contribution in [0.2, 0.25) is 0 Å². The van der Waals surface area contributed by atoms with Crippen molar-refractivity contribution >= 4 is 0 Å². The molecule has 2 aliphatic heterocycles. The van der Waals surface area contributed by atoms with E-state index in [0.29, 0.717) is 12.1 Å². The molecule has 0 spiro atoms. The van der Waals surface area contributed by atoms with Crippen molar-refractivity contribution in [3.63, 3.8) is 0 Å². The van der Waals surface area contributed by atoms with Gasteiger partial charge in [0.15, 0.2) is 0 Å². The quantitative estimate of drug-likeness (QED) is 0.744. The highest BCUT2D eigenvalue weighted by Crippen LogP contribution is 2.40. The Hall–Kier alpha value is -0.0800. The molecule has 2 rings (SSSR count). The van der Waals surface area contributed by atoms with E-state index in [1.54, 1.807) is 0 Å². The van der Waals surface area contributed by atoms with Gasteiger partial charge in [-0.25, -0.2) is 0 Å². The maximum absolute atomic E-state index is 10.8. The minimum absolute atomic E-state index is 0.337. The van der Waals surface area contributed by atoms with Gasteiger partial charge < -0.3 is 10.0 Å². The number of nitrogens with zero attached hydrogens (tertiary/aromatic N) is 1. The minimum atomic E-state index is -0.337. The number of unbranched alkanes of at least 4 members (excludes halogenated alkanes) is 3. The molecule has 0 amide bonds. The van der Waals surface area contributed by atoms with Gasteiger partial charge in [-0.05, 0) is 39.2 Å². The van der Waals surface area contributed by atoms with Crippen molar-refractivity contribution in [1.82, 2.24) is 4.90 Å². The van der Waals surface area contributed by atoms with Crippen molar-refractivity contribution in [2.24, 2.45) is 0 Å². The van der Waals surface area contributed by atoms with Crippen LogP contribution in [-0.4, -0.2) is 34.7 Å². The van der Waals surface area contributed by atoms with Crippen molar-refractivity contribution in [2.75, 3.05) is 7.05 Å². The summed E-state index contributed by atoms with van der Waals surface area (Å²) in [6, 6.07) is 1.30. The van der Waals surface area contributed by atoms with Gasteiger partial charge in [0.1, 0.15) is 0 Å². The SMILES string of the molecule is CCCCCCC1(O)CC2CCCC(C1)N2C. The molecule has 0 radical (unpaired) electrons. The molecule has 2 unspecified atom stereocenters. The maximum Gasteiger partial charge on any atom is 0.0677 e. The Kier molecular flexibility index (Phi) is 4.48. The zero-order valence-corrected chi connectivity index (χ0v) is 11.6. The Morgan fingerprint density at radius 2 is 1.76 bits per heavy atom. The van der Waals surface area contributed by atoms with Crippen LogP contribution in [0.3, 0.4) is 0 Å². The molecule has 0 aromatic carbocycles. The van der Waals surface area contributed by atoms with Gasteiger partial charge in [0.05, 0.1) is 5.60 Å². The highest BCUT2D eigenvalue weighted by molar-refractivity contribution is 4.98. The van der Waals surface area contributed by atoms with Gasteiger partial charge >= 0.3 is 0 Å². The third-order valence-corrected chi connectivity index (χ3v) is 4.95. The van der Waals surface area contributed by atoms with Crippen LogP contribution in [-0.2, 0) is 0 Å². The van der Waals surface area contributed by atoms with E-state index in [4.69, 9.17) is 0 Å². The van der Waals surface area contributed by atoms with Gasteiger partial charge in [-0.1, -0.05) is 39.0 Å². The molecule has 17 heavy (non-hydrogen) atoms. The van der Waals surface area contributed by atoms with Gasteiger partial charge in [-0.15, -0.1) is 0 Å². The Bertz CT molecular complexity index is 227. The van der Waals surface area contributed by atoms with Crippen molar-refractivity contribution < 1.29 is 5.11 Å². The molecule has 2 fully saturated rings. The zero-order chi connectivity index (χ0) is 12.3. The van der Waals surface area contributed by atoms with E-state index in [0.717, 1.165) is 19.3 Å². The van der Waals surface area contributed by atoms with E-state index in [2.05, 4.69) is 18.9 Å². The summed E-state index contributed by atoms with van der Waals surface area (Å²) in [4.78, 5) is 2.53. The fourth-order valence-corrected chi connectivity index (χ4v) is 3.83. The molecular formula is C15H29NO. The van der Waals surface area contributed by atoms with E-state index in [-0.39, 0.29) is 5.60 Å². The second-order valence-electron chi connectivity index (χ2n) is 6.35. The Morgan fingerprint density at radius 3 is 2.35 bits per heavy atom. The number of hydrogen-bond donors (Lipinski definition) is 1. The summed E-state index contributed by atoms with van der Waals surface area (Å²) in [7, 11) is 2.26. The lowest BCUT2D eigenvalue weighted by atomic mass is 9.74. The van der Waals surface area contributed by atoms with Gasteiger partial charge in [0, 0.05) is 12.1 Å². The van der Waals surface area contributed by atoms with Crippen LogP contribution < -0.4 is 0 Å². The molecule has 0 aliphatic carbocycles. The van der Waals surface area contributed by atoms with Crippen molar-refractivity contribution in [1.29, 1.82) is 0 Å². The van der Waals surface area contributed by atoms with Crippen LogP contribution >= 0.6 is 0 Å². The molecule has 0 aromatic rings. The monoisotopic (exact) mass is 239 g/mol. The number of rotatable bonds is 5. The van der Waals surface area contributed by atoms with Crippen molar-refractivity contribution in [3.05, 3.63) is 0 Å². The van der Waals surface area contributed by atoms with Crippen molar-refractivity contribution in [3.8, 4) is 0 Å². The molecule has 100 valence electrons. The molecule has 0 saturated carbocycles. The first kappa shape index (κ1) is 13.4. The lowest BCUT2D eigenvalue weighted by Gasteiger charge is -2.50. The predicted molar refractivity (Wildman–Crippen MR) is 72.1 cm³/mol. The first-order valence-electron chi connectivity index (χ1n) is 7.59. The Balaban J connectivity index is 1.84. The number of piperidine rings is 2. The van der Waals surface area contributed by atoms with Crippen LogP contribution in [0.5, 0.6) is 0 Å². The molecule has 2 bridgehead atoms. The molecular weight excluding hydrogens is 210 g/mol. The van der Waals surface area contributed by atoms with Crippen LogP contribution in [0.4, 0.5) is 0 Å². The molecule has 2 atom stereocenters. The number of hydrogen-bond acceptors (Lipinski definition) is 2. The topological polar surface area (TPSA) is 23.5 Å². The fourth-order valence-electron chi connectivity index (χ4n) is 3.83.